The van der Waals surface area contributed by atoms with E-state index >= 15 is 0 Å². The normalized spacial score (nSPS) is 27.7. The number of likely N-dealkylation sites (tertiary alicyclic amines) is 1. The number of hydrogen-bond acceptors (Lipinski definition) is 3. The molecular weight excluding hydrogens is 248 g/mol. The molecule has 0 radical (unpaired) electrons. The highest BCUT2D eigenvalue weighted by molar-refractivity contribution is 7.88. The maximum atomic E-state index is 11.2. The quantitative estimate of drug-likeness (QED) is 0.828. The van der Waals surface area contributed by atoms with Crippen molar-refractivity contribution in [1.82, 2.24) is 9.62 Å². The highest BCUT2D eigenvalue weighted by Crippen LogP contribution is 2.27. The van der Waals surface area contributed by atoms with Crippen molar-refractivity contribution in [2.45, 2.75) is 51.0 Å². The van der Waals surface area contributed by atoms with E-state index < -0.39 is 10.0 Å². The summed E-state index contributed by atoms with van der Waals surface area (Å²) in [6.07, 6.45) is 10.5. The smallest absolute Gasteiger partial charge is 0.208 e. The monoisotopic (exact) mass is 274 g/mol. The zero-order valence-electron chi connectivity index (χ0n) is 11.4. The minimum Gasteiger partial charge on any atom is -0.299 e. The Hall–Kier alpha value is -0.130. The van der Waals surface area contributed by atoms with Crippen LogP contribution >= 0.6 is 0 Å². The molecule has 0 amide bonds. The number of nitrogens with one attached hydrogen (secondary N) is 1. The molecule has 1 aliphatic heterocycles. The van der Waals surface area contributed by atoms with Gasteiger partial charge in [-0.15, -0.1) is 0 Å². The maximum absolute atomic E-state index is 11.2. The third-order valence-corrected chi connectivity index (χ3v) is 4.99. The van der Waals surface area contributed by atoms with E-state index in [4.69, 9.17) is 0 Å². The van der Waals surface area contributed by atoms with E-state index in [-0.39, 0.29) is 0 Å². The Kier molecular flexibility index (Phi) is 5.04. The summed E-state index contributed by atoms with van der Waals surface area (Å²) < 4.78 is 25.0. The second-order valence-electron chi connectivity index (χ2n) is 5.92. The third-order valence-electron chi connectivity index (χ3n) is 4.30. The fraction of sp³-hybridized carbons (Fsp3) is 1.00. The van der Waals surface area contributed by atoms with Gasteiger partial charge in [-0.05, 0) is 38.1 Å². The minimum absolute atomic E-state index is 0.418. The largest absolute Gasteiger partial charge is 0.299 e. The summed E-state index contributed by atoms with van der Waals surface area (Å²) in [5.74, 6) is 0.845. The van der Waals surface area contributed by atoms with Crippen LogP contribution in [-0.4, -0.2) is 45.2 Å². The van der Waals surface area contributed by atoms with Gasteiger partial charge in [0.15, 0.2) is 0 Å². The van der Waals surface area contributed by atoms with Crippen molar-refractivity contribution in [3.05, 3.63) is 0 Å². The molecule has 1 N–H and O–H groups in total. The number of sulfonamides is 1. The van der Waals surface area contributed by atoms with E-state index in [2.05, 4.69) is 9.62 Å². The van der Waals surface area contributed by atoms with Crippen molar-refractivity contribution in [2.24, 2.45) is 5.92 Å². The molecule has 2 fully saturated rings. The van der Waals surface area contributed by atoms with Gasteiger partial charge in [-0.2, -0.15) is 0 Å². The molecule has 18 heavy (non-hydrogen) atoms. The number of rotatable bonds is 5. The first-order valence-electron chi connectivity index (χ1n) is 7.23. The highest BCUT2D eigenvalue weighted by atomic mass is 32.2. The molecule has 1 unspecified atom stereocenters. The molecule has 4 nitrogen and oxygen atoms in total. The Labute approximate surface area is 111 Å². The summed E-state index contributed by atoms with van der Waals surface area (Å²) in [6.45, 7) is 2.91. The first-order chi connectivity index (χ1) is 8.54. The lowest BCUT2D eigenvalue weighted by Crippen LogP contribution is -2.42. The molecule has 0 bridgehead atoms. The third kappa shape index (κ3) is 4.52. The Balaban J connectivity index is 1.79. The lowest BCUT2D eigenvalue weighted by atomic mass is 9.89. The molecule has 0 spiro atoms. The molecule has 5 heteroatoms. The molecule has 1 heterocycles. The SMILES string of the molecule is CS(=O)(=O)NCC1CCCN1CC1CCCCC1. The van der Waals surface area contributed by atoms with Crippen LogP contribution in [0.15, 0.2) is 0 Å². The summed E-state index contributed by atoms with van der Waals surface area (Å²) in [6, 6.07) is 0.418. The van der Waals surface area contributed by atoms with Crippen molar-refractivity contribution < 1.29 is 8.42 Å². The zero-order valence-corrected chi connectivity index (χ0v) is 12.2. The van der Waals surface area contributed by atoms with Crippen LogP contribution in [0, 0.1) is 5.92 Å². The first kappa shape index (κ1) is 14.3. The molecule has 0 aromatic rings. The second kappa shape index (κ2) is 6.35. The highest BCUT2D eigenvalue weighted by Gasteiger charge is 2.27. The number of nitrogens with zero attached hydrogens (tertiary/aromatic N) is 1. The zero-order chi connectivity index (χ0) is 13.0. The molecule has 1 atom stereocenters. The summed E-state index contributed by atoms with van der Waals surface area (Å²) in [7, 11) is -3.04. The summed E-state index contributed by atoms with van der Waals surface area (Å²) in [5, 5.41) is 0. The van der Waals surface area contributed by atoms with Gasteiger partial charge in [0, 0.05) is 19.1 Å². The van der Waals surface area contributed by atoms with Gasteiger partial charge in [-0.3, -0.25) is 4.90 Å². The van der Waals surface area contributed by atoms with Crippen LogP contribution in [0.1, 0.15) is 44.9 Å². The van der Waals surface area contributed by atoms with Crippen molar-refractivity contribution >= 4 is 10.0 Å². The Morgan fingerprint density at radius 3 is 2.50 bits per heavy atom. The van der Waals surface area contributed by atoms with Gasteiger partial charge < -0.3 is 0 Å². The standard InChI is InChI=1S/C13H26N2O2S/c1-18(16,17)14-10-13-8-5-9-15(13)11-12-6-3-2-4-7-12/h12-14H,2-11H2,1H3. The van der Waals surface area contributed by atoms with Gasteiger partial charge in [-0.25, -0.2) is 13.1 Å². The maximum Gasteiger partial charge on any atom is 0.208 e. The molecular formula is C13H26N2O2S. The first-order valence-corrected chi connectivity index (χ1v) is 9.12. The lowest BCUT2D eigenvalue weighted by Gasteiger charge is -2.30. The number of hydrogen-bond donors (Lipinski definition) is 1. The Morgan fingerprint density at radius 1 is 1.11 bits per heavy atom. The average molecular weight is 274 g/mol. The summed E-state index contributed by atoms with van der Waals surface area (Å²) >= 11 is 0. The Morgan fingerprint density at radius 2 is 1.83 bits per heavy atom. The lowest BCUT2D eigenvalue weighted by molar-refractivity contribution is 0.188. The van der Waals surface area contributed by atoms with Crippen LogP contribution in [0.3, 0.4) is 0 Å². The van der Waals surface area contributed by atoms with Gasteiger partial charge in [0.05, 0.1) is 6.26 Å². The van der Waals surface area contributed by atoms with Crippen molar-refractivity contribution in [1.29, 1.82) is 0 Å². The fourth-order valence-electron chi connectivity index (χ4n) is 3.32. The van der Waals surface area contributed by atoms with Gasteiger partial charge in [0.1, 0.15) is 0 Å². The fourth-order valence-corrected chi connectivity index (χ4v) is 3.81. The van der Waals surface area contributed by atoms with Gasteiger partial charge in [-0.1, -0.05) is 19.3 Å². The van der Waals surface area contributed by atoms with Crippen LogP contribution in [0.5, 0.6) is 0 Å². The van der Waals surface area contributed by atoms with Crippen LogP contribution in [0.25, 0.3) is 0 Å². The molecule has 0 aromatic heterocycles. The molecule has 1 aliphatic carbocycles. The van der Waals surface area contributed by atoms with Crippen LogP contribution in [0.4, 0.5) is 0 Å². The predicted molar refractivity (Wildman–Crippen MR) is 74.0 cm³/mol. The van der Waals surface area contributed by atoms with E-state index in [9.17, 15) is 8.42 Å². The van der Waals surface area contributed by atoms with E-state index in [1.165, 1.54) is 51.3 Å². The predicted octanol–water partition coefficient (Wildman–Crippen LogP) is 1.58. The molecule has 1 saturated carbocycles. The van der Waals surface area contributed by atoms with E-state index in [0.717, 1.165) is 18.9 Å². The van der Waals surface area contributed by atoms with Gasteiger partial charge in [0.2, 0.25) is 10.0 Å². The molecule has 2 rings (SSSR count). The second-order valence-corrected chi connectivity index (χ2v) is 7.75. The molecule has 0 aromatic carbocycles. The summed E-state index contributed by atoms with van der Waals surface area (Å²) in [4.78, 5) is 2.51. The van der Waals surface area contributed by atoms with Gasteiger partial charge in [0.25, 0.3) is 0 Å². The Bertz CT molecular complexity index is 350. The van der Waals surface area contributed by atoms with Crippen molar-refractivity contribution in [3.63, 3.8) is 0 Å². The van der Waals surface area contributed by atoms with Crippen LogP contribution in [-0.2, 0) is 10.0 Å². The van der Waals surface area contributed by atoms with Crippen LogP contribution < -0.4 is 4.72 Å². The topological polar surface area (TPSA) is 49.4 Å². The van der Waals surface area contributed by atoms with E-state index in [1.54, 1.807) is 0 Å². The van der Waals surface area contributed by atoms with E-state index in [1.807, 2.05) is 0 Å². The summed E-state index contributed by atoms with van der Waals surface area (Å²) in [5.41, 5.74) is 0. The van der Waals surface area contributed by atoms with Crippen molar-refractivity contribution in [2.75, 3.05) is 25.9 Å². The van der Waals surface area contributed by atoms with Crippen molar-refractivity contribution in [3.8, 4) is 0 Å². The molecule has 2 aliphatic rings. The van der Waals surface area contributed by atoms with Gasteiger partial charge >= 0.3 is 0 Å². The molecule has 1 saturated heterocycles. The van der Waals surface area contributed by atoms with E-state index in [0.29, 0.717) is 12.6 Å². The molecule has 106 valence electrons. The minimum atomic E-state index is -3.04. The average Bonchev–Trinajstić information content (AvgIpc) is 2.74. The van der Waals surface area contributed by atoms with Crippen LogP contribution in [0.2, 0.25) is 0 Å².